The molecule has 0 aliphatic rings. The summed E-state index contributed by atoms with van der Waals surface area (Å²) in [7, 11) is -3.48. The number of aliphatic carboxylic acids is 1. The van der Waals surface area contributed by atoms with Crippen molar-refractivity contribution >= 4 is 21.7 Å². The van der Waals surface area contributed by atoms with E-state index in [0.29, 0.717) is 5.56 Å². The second-order valence-electron chi connectivity index (χ2n) is 3.82. The lowest BCUT2D eigenvalue weighted by molar-refractivity contribution is -0.141. The number of carbonyl (C=O) groups excluding carboxylic acids is 1. The number of hydrogen-bond acceptors (Lipinski definition) is 4. The molecule has 0 radical (unpaired) electrons. The Morgan fingerprint density at radius 3 is 2.28 bits per heavy atom. The molecule has 18 heavy (non-hydrogen) atoms. The van der Waals surface area contributed by atoms with Gasteiger partial charge in [-0.25, -0.2) is 13.2 Å². The van der Waals surface area contributed by atoms with Crippen LogP contribution in [-0.4, -0.2) is 37.4 Å². The second kappa shape index (κ2) is 5.63. The fourth-order valence-corrected chi connectivity index (χ4v) is 1.93. The number of hydrogen-bond donors (Lipinski definition) is 2. The van der Waals surface area contributed by atoms with E-state index >= 15 is 0 Å². The summed E-state index contributed by atoms with van der Waals surface area (Å²) in [5.41, 5.74) is 0.381. The molecule has 2 N–H and O–H groups in total. The summed E-state index contributed by atoms with van der Waals surface area (Å²) >= 11 is 0. The third kappa shape index (κ3) is 4.54. The fraction of sp³-hybridized carbons (Fsp3) is 0.273. The Kier molecular flexibility index (Phi) is 4.43. The Morgan fingerprint density at radius 1 is 1.28 bits per heavy atom. The molecule has 0 saturated carbocycles. The lowest BCUT2D eigenvalue weighted by atomic mass is 10.1. The molecule has 0 aromatic heterocycles. The van der Waals surface area contributed by atoms with Crippen molar-refractivity contribution in [1.82, 2.24) is 5.32 Å². The highest BCUT2D eigenvalue weighted by atomic mass is 32.2. The molecule has 1 amide bonds. The highest BCUT2D eigenvalue weighted by molar-refractivity contribution is 7.91. The van der Waals surface area contributed by atoms with Crippen molar-refractivity contribution in [2.45, 2.75) is 6.04 Å². The van der Waals surface area contributed by atoms with E-state index in [0.717, 1.165) is 6.26 Å². The molecule has 6 nitrogen and oxygen atoms in total. The average Bonchev–Trinajstić information content (AvgIpc) is 2.24. The monoisotopic (exact) mass is 271 g/mol. The van der Waals surface area contributed by atoms with Gasteiger partial charge in [-0.1, -0.05) is 30.3 Å². The van der Waals surface area contributed by atoms with Gasteiger partial charge in [0.15, 0.2) is 15.9 Å². The molecule has 0 saturated heterocycles. The average molecular weight is 271 g/mol. The Morgan fingerprint density at radius 2 is 1.83 bits per heavy atom. The maximum atomic E-state index is 11.4. The van der Waals surface area contributed by atoms with Crippen molar-refractivity contribution in [1.29, 1.82) is 0 Å². The predicted molar refractivity (Wildman–Crippen MR) is 64.7 cm³/mol. The number of nitrogens with one attached hydrogen (secondary N) is 1. The first-order chi connectivity index (χ1) is 8.29. The molecule has 1 aromatic rings. The summed E-state index contributed by atoms with van der Waals surface area (Å²) in [5.74, 6) is -2.82. The van der Waals surface area contributed by atoms with Crippen LogP contribution >= 0.6 is 0 Å². The maximum absolute atomic E-state index is 11.4. The van der Waals surface area contributed by atoms with Crippen LogP contribution in [0.5, 0.6) is 0 Å². The number of sulfone groups is 1. The van der Waals surface area contributed by atoms with E-state index in [9.17, 15) is 18.0 Å². The highest BCUT2D eigenvalue weighted by Crippen LogP contribution is 2.12. The third-order valence-corrected chi connectivity index (χ3v) is 2.87. The Labute approximate surface area is 105 Å². The molecule has 1 atom stereocenters. The van der Waals surface area contributed by atoms with Gasteiger partial charge in [0.2, 0.25) is 5.91 Å². The second-order valence-corrected chi connectivity index (χ2v) is 5.96. The molecule has 0 heterocycles. The minimum absolute atomic E-state index is 0.381. The van der Waals surface area contributed by atoms with Gasteiger partial charge in [-0.2, -0.15) is 0 Å². The zero-order valence-electron chi connectivity index (χ0n) is 9.66. The normalized spacial score (nSPS) is 12.7. The van der Waals surface area contributed by atoms with Gasteiger partial charge in [-0.05, 0) is 5.56 Å². The van der Waals surface area contributed by atoms with E-state index in [1.807, 2.05) is 0 Å². The molecule has 0 aliphatic carbocycles. The summed E-state index contributed by atoms with van der Waals surface area (Å²) in [6.07, 6.45) is 0.908. The van der Waals surface area contributed by atoms with Crippen molar-refractivity contribution in [2.24, 2.45) is 0 Å². The minimum atomic E-state index is -3.48. The van der Waals surface area contributed by atoms with Gasteiger partial charge < -0.3 is 10.4 Å². The van der Waals surface area contributed by atoms with Crippen LogP contribution in [0.3, 0.4) is 0 Å². The van der Waals surface area contributed by atoms with Crippen LogP contribution in [0, 0.1) is 0 Å². The first-order valence-electron chi connectivity index (χ1n) is 5.04. The van der Waals surface area contributed by atoms with Gasteiger partial charge in [-0.3, -0.25) is 4.79 Å². The van der Waals surface area contributed by atoms with Crippen molar-refractivity contribution in [3.8, 4) is 0 Å². The number of benzene rings is 1. The molecule has 98 valence electrons. The summed E-state index contributed by atoms with van der Waals surface area (Å²) in [4.78, 5) is 22.4. The maximum Gasteiger partial charge on any atom is 0.330 e. The first kappa shape index (κ1) is 14.2. The van der Waals surface area contributed by atoms with Crippen molar-refractivity contribution in [2.75, 3.05) is 12.0 Å². The van der Waals surface area contributed by atoms with Gasteiger partial charge in [0.1, 0.15) is 5.75 Å². The fourth-order valence-electron chi connectivity index (χ4n) is 1.37. The van der Waals surface area contributed by atoms with Gasteiger partial charge in [0.25, 0.3) is 0 Å². The third-order valence-electron chi connectivity index (χ3n) is 2.08. The molecular formula is C11H13NO5S. The van der Waals surface area contributed by atoms with Crippen LogP contribution in [0.2, 0.25) is 0 Å². The predicted octanol–water partition coefficient (Wildman–Crippen LogP) is -0.0269. The summed E-state index contributed by atoms with van der Waals surface area (Å²) in [6.45, 7) is 0. The van der Waals surface area contributed by atoms with Crippen LogP contribution in [0.15, 0.2) is 30.3 Å². The Balaban J connectivity index is 2.83. The van der Waals surface area contributed by atoms with Crippen LogP contribution in [-0.2, 0) is 19.4 Å². The van der Waals surface area contributed by atoms with Gasteiger partial charge in [0.05, 0.1) is 0 Å². The van der Waals surface area contributed by atoms with Gasteiger partial charge >= 0.3 is 5.97 Å². The lowest BCUT2D eigenvalue weighted by Crippen LogP contribution is -2.37. The first-order valence-corrected chi connectivity index (χ1v) is 7.10. The van der Waals surface area contributed by atoms with Crippen LogP contribution in [0.4, 0.5) is 0 Å². The van der Waals surface area contributed by atoms with Crippen molar-refractivity contribution in [3.05, 3.63) is 35.9 Å². The molecule has 0 bridgehead atoms. The molecule has 0 unspecified atom stereocenters. The number of amides is 1. The lowest BCUT2D eigenvalue weighted by Gasteiger charge is -2.14. The van der Waals surface area contributed by atoms with Gasteiger partial charge in [-0.15, -0.1) is 0 Å². The van der Waals surface area contributed by atoms with E-state index in [1.165, 1.54) is 0 Å². The summed E-state index contributed by atoms with van der Waals surface area (Å²) in [6, 6.07) is 6.81. The largest absolute Gasteiger partial charge is 0.479 e. The van der Waals surface area contributed by atoms with Crippen molar-refractivity contribution < 1.29 is 23.1 Å². The molecule has 0 aliphatic heterocycles. The van der Waals surface area contributed by atoms with E-state index in [2.05, 4.69) is 5.32 Å². The van der Waals surface area contributed by atoms with Gasteiger partial charge in [0, 0.05) is 6.26 Å². The number of carboxylic acid groups (broad SMARTS) is 1. The van der Waals surface area contributed by atoms with Crippen molar-refractivity contribution in [3.63, 3.8) is 0 Å². The molecule has 0 fully saturated rings. The zero-order valence-corrected chi connectivity index (χ0v) is 10.5. The zero-order chi connectivity index (χ0) is 13.8. The number of rotatable bonds is 5. The van der Waals surface area contributed by atoms with E-state index in [-0.39, 0.29) is 0 Å². The number of carbonyl (C=O) groups is 2. The summed E-state index contributed by atoms with van der Waals surface area (Å²) in [5, 5.41) is 11.2. The van der Waals surface area contributed by atoms with Crippen LogP contribution in [0.1, 0.15) is 11.6 Å². The molecule has 7 heteroatoms. The highest BCUT2D eigenvalue weighted by Gasteiger charge is 2.23. The molecule has 0 spiro atoms. The quantitative estimate of drug-likeness (QED) is 0.783. The topological polar surface area (TPSA) is 101 Å². The van der Waals surface area contributed by atoms with E-state index in [4.69, 9.17) is 5.11 Å². The van der Waals surface area contributed by atoms with E-state index in [1.54, 1.807) is 30.3 Å². The van der Waals surface area contributed by atoms with Crippen LogP contribution in [0.25, 0.3) is 0 Å². The Bertz CT molecular complexity index is 538. The molecular weight excluding hydrogens is 258 g/mol. The number of carboxylic acids is 1. The summed E-state index contributed by atoms with van der Waals surface area (Å²) < 4.78 is 21.8. The standard InChI is InChI=1S/C11H13NO5S/c1-18(16,17)7-9(13)12-10(11(14)15)8-5-3-2-4-6-8/h2-6,10H,7H2,1H3,(H,12,13)(H,14,15)/t10-/m0/s1. The molecule has 1 aromatic carbocycles. The minimum Gasteiger partial charge on any atom is -0.479 e. The SMILES string of the molecule is CS(=O)(=O)CC(=O)N[C@H](C(=O)O)c1ccccc1. The Hall–Kier alpha value is -1.89. The molecule has 1 rings (SSSR count). The van der Waals surface area contributed by atoms with Crippen LogP contribution < -0.4 is 5.32 Å². The van der Waals surface area contributed by atoms with E-state index < -0.39 is 33.5 Å². The smallest absolute Gasteiger partial charge is 0.330 e.